The number of thioether (sulfide) groups is 1. The molecule has 29 heavy (non-hydrogen) atoms. The SMILES string of the molecule is CC(NC(=O)CSc1ncc(-c2ccccc2)n1CC1CCCO1)c1cccs1. The van der Waals surface area contributed by atoms with Gasteiger partial charge in [-0.2, -0.15) is 0 Å². The predicted molar refractivity (Wildman–Crippen MR) is 118 cm³/mol. The Balaban J connectivity index is 1.46. The van der Waals surface area contributed by atoms with Gasteiger partial charge < -0.3 is 14.6 Å². The molecule has 2 unspecified atom stereocenters. The molecule has 1 amide bonds. The second kappa shape index (κ2) is 9.61. The van der Waals surface area contributed by atoms with Crippen LogP contribution in [0.25, 0.3) is 11.3 Å². The summed E-state index contributed by atoms with van der Waals surface area (Å²) < 4.78 is 8.06. The summed E-state index contributed by atoms with van der Waals surface area (Å²) in [5.74, 6) is 0.357. The number of hydrogen-bond donors (Lipinski definition) is 1. The van der Waals surface area contributed by atoms with Gasteiger partial charge in [0.15, 0.2) is 5.16 Å². The summed E-state index contributed by atoms with van der Waals surface area (Å²) in [5.41, 5.74) is 2.19. The van der Waals surface area contributed by atoms with Crippen molar-refractivity contribution in [3.05, 3.63) is 58.9 Å². The third-order valence-corrected chi connectivity index (χ3v) is 7.02. The zero-order chi connectivity index (χ0) is 20.1. The predicted octanol–water partition coefficient (Wildman–Crippen LogP) is 4.76. The molecule has 1 aromatic carbocycles. The fraction of sp³-hybridized carbons (Fsp3) is 0.364. The average Bonchev–Trinajstić information content (AvgIpc) is 3.50. The second-order valence-corrected chi connectivity index (χ2v) is 9.05. The van der Waals surface area contributed by atoms with Gasteiger partial charge >= 0.3 is 0 Å². The lowest BCUT2D eigenvalue weighted by Gasteiger charge is -2.16. The summed E-state index contributed by atoms with van der Waals surface area (Å²) in [5, 5.41) is 5.96. The molecule has 0 aliphatic carbocycles. The van der Waals surface area contributed by atoms with Crippen LogP contribution in [0.2, 0.25) is 0 Å². The molecule has 2 aromatic heterocycles. The van der Waals surface area contributed by atoms with Gasteiger partial charge in [-0.1, -0.05) is 48.2 Å². The summed E-state index contributed by atoms with van der Waals surface area (Å²) in [4.78, 5) is 18.3. The molecule has 7 heteroatoms. The van der Waals surface area contributed by atoms with E-state index in [9.17, 15) is 4.79 Å². The van der Waals surface area contributed by atoms with E-state index in [2.05, 4.69) is 27.0 Å². The van der Waals surface area contributed by atoms with Gasteiger partial charge in [0.05, 0.1) is 36.3 Å². The fourth-order valence-electron chi connectivity index (χ4n) is 3.50. The standard InChI is InChI=1S/C22H25N3O2S2/c1-16(20-10-6-12-28-20)24-21(26)15-29-22-23-13-19(17-7-3-2-4-8-17)25(22)14-18-9-5-11-27-18/h2-4,6-8,10,12-13,16,18H,5,9,11,14-15H2,1H3,(H,24,26). The molecule has 4 rings (SSSR count). The highest BCUT2D eigenvalue weighted by Crippen LogP contribution is 2.28. The lowest BCUT2D eigenvalue weighted by atomic mass is 10.1. The van der Waals surface area contributed by atoms with Gasteiger partial charge in [0.25, 0.3) is 0 Å². The summed E-state index contributed by atoms with van der Waals surface area (Å²) in [6.07, 6.45) is 4.28. The topological polar surface area (TPSA) is 56.2 Å². The first kappa shape index (κ1) is 20.2. The third kappa shape index (κ3) is 5.10. The molecule has 1 N–H and O–H groups in total. The number of carbonyl (C=O) groups is 1. The average molecular weight is 428 g/mol. The van der Waals surface area contributed by atoms with Crippen molar-refractivity contribution in [2.45, 2.75) is 43.6 Å². The lowest BCUT2D eigenvalue weighted by Crippen LogP contribution is -2.28. The number of imidazole rings is 1. The third-order valence-electron chi connectivity index (χ3n) is 4.98. The molecule has 1 saturated heterocycles. The molecule has 3 heterocycles. The van der Waals surface area contributed by atoms with E-state index >= 15 is 0 Å². The Hall–Kier alpha value is -2.09. The number of amides is 1. The van der Waals surface area contributed by atoms with Crippen molar-refractivity contribution in [2.24, 2.45) is 0 Å². The molecule has 0 bridgehead atoms. The van der Waals surface area contributed by atoms with Crippen molar-refractivity contribution >= 4 is 29.0 Å². The highest BCUT2D eigenvalue weighted by Gasteiger charge is 2.21. The van der Waals surface area contributed by atoms with Crippen molar-refractivity contribution in [2.75, 3.05) is 12.4 Å². The number of hydrogen-bond acceptors (Lipinski definition) is 5. The van der Waals surface area contributed by atoms with Gasteiger partial charge in [0, 0.05) is 11.5 Å². The first-order valence-electron chi connectivity index (χ1n) is 9.89. The van der Waals surface area contributed by atoms with E-state index in [0.29, 0.717) is 5.75 Å². The number of rotatable bonds is 8. The van der Waals surface area contributed by atoms with Gasteiger partial charge in [-0.05, 0) is 36.8 Å². The Bertz CT molecular complexity index is 919. The largest absolute Gasteiger partial charge is 0.376 e. The van der Waals surface area contributed by atoms with Crippen LogP contribution in [-0.4, -0.2) is 33.9 Å². The molecule has 1 aliphatic rings. The zero-order valence-corrected chi connectivity index (χ0v) is 18.0. The summed E-state index contributed by atoms with van der Waals surface area (Å²) in [6.45, 7) is 3.60. The van der Waals surface area contributed by atoms with E-state index in [1.54, 1.807) is 11.3 Å². The van der Waals surface area contributed by atoms with Crippen LogP contribution in [0.3, 0.4) is 0 Å². The number of thiophene rings is 1. The molecule has 5 nitrogen and oxygen atoms in total. The van der Waals surface area contributed by atoms with Crippen LogP contribution < -0.4 is 5.32 Å². The smallest absolute Gasteiger partial charge is 0.230 e. The van der Waals surface area contributed by atoms with Gasteiger partial charge in [-0.25, -0.2) is 4.98 Å². The van der Waals surface area contributed by atoms with Crippen LogP contribution in [-0.2, 0) is 16.1 Å². The van der Waals surface area contributed by atoms with Gasteiger partial charge in [-0.15, -0.1) is 11.3 Å². The number of carbonyl (C=O) groups excluding carboxylic acids is 1. The van der Waals surface area contributed by atoms with E-state index in [-0.39, 0.29) is 18.1 Å². The summed E-state index contributed by atoms with van der Waals surface area (Å²) >= 11 is 3.14. The Kier molecular flexibility index (Phi) is 6.69. The maximum atomic E-state index is 12.5. The van der Waals surface area contributed by atoms with Crippen LogP contribution in [0.4, 0.5) is 0 Å². The molecule has 2 atom stereocenters. The molecule has 0 saturated carbocycles. The molecular weight excluding hydrogens is 402 g/mol. The van der Waals surface area contributed by atoms with Crippen molar-refractivity contribution in [3.63, 3.8) is 0 Å². The van der Waals surface area contributed by atoms with Crippen LogP contribution in [0.15, 0.2) is 59.2 Å². The molecule has 1 fully saturated rings. The van der Waals surface area contributed by atoms with Crippen LogP contribution in [0.5, 0.6) is 0 Å². The number of aromatic nitrogens is 2. The normalized spacial score (nSPS) is 17.3. The number of ether oxygens (including phenoxy) is 1. The van der Waals surface area contributed by atoms with Gasteiger partial charge in [0.2, 0.25) is 5.91 Å². The van der Waals surface area contributed by atoms with E-state index < -0.39 is 0 Å². The first-order valence-corrected chi connectivity index (χ1v) is 11.8. The van der Waals surface area contributed by atoms with E-state index in [0.717, 1.165) is 47.3 Å². The van der Waals surface area contributed by atoms with Crippen LogP contribution in [0, 0.1) is 0 Å². The van der Waals surface area contributed by atoms with Crippen LogP contribution >= 0.6 is 23.1 Å². The summed E-state index contributed by atoms with van der Waals surface area (Å²) in [6, 6.07) is 14.3. The van der Waals surface area contributed by atoms with Crippen molar-refractivity contribution in [1.29, 1.82) is 0 Å². The van der Waals surface area contributed by atoms with Crippen molar-refractivity contribution in [1.82, 2.24) is 14.9 Å². The van der Waals surface area contributed by atoms with Crippen molar-refractivity contribution in [3.8, 4) is 11.3 Å². The minimum Gasteiger partial charge on any atom is -0.376 e. The Morgan fingerprint density at radius 3 is 2.93 bits per heavy atom. The van der Waals surface area contributed by atoms with Gasteiger partial charge in [0.1, 0.15) is 0 Å². The Morgan fingerprint density at radius 1 is 1.34 bits per heavy atom. The highest BCUT2D eigenvalue weighted by molar-refractivity contribution is 7.99. The molecule has 3 aromatic rings. The molecule has 0 radical (unpaired) electrons. The first-order chi connectivity index (χ1) is 14.2. The molecule has 0 spiro atoms. The molecular formula is C22H25N3O2S2. The van der Waals surface area contributed by atoms with Crippen molar-refractivity contribution < 1.29 is 9.53 Å². The minimum absolute atomic E-state index is 0.0174. The van der Waals surface area contributed by atoms with Gasteiger partial charge in [-0.3, -0.25) is 4.79 Å². The quantitative estimate of drug-likeness (QED) is 0.527. The molecule has 1 aliphatic heterocycles. The van der Waals surface area contributed by atoms with Crippen LogP contribution in [0.1, 0.15) is 30.7 Å². The summed E-state index contributed by atoms with van der Waals surface area (Å²) in [7, 11) is 0. The monoisotopic (exact) mass is 427 g/mol. The number of nitrogens with one attached hydrogen (secondary N) is 1. The number of benzene rings is 1. The maximum absolute atomic E-state index is 12.5. The Labute approximate surface area is 179 Å². The second-order valence-electron chi connectivity index (χ2n) is 7.13. The maximum Gasteiger partial charge on any atom is 0.230 e. The highest BCUT2D eigenvalue weighted by atomic mass is 32.2. The minimum atomic E-state index is 0.0174. The van der Waals surface area contributed by atoms with E-state index in [4.69, 9.17) is 4.74 Å². The fourth-order valence-corrected chi connectivity index (χ4v) is 5.04. The van der Waals surface area contributed by atoms with E-state index in [1.807, 2.05) is 48.8 Å². The van der Waals surface area contributed by atoms with E-state index in [1.165, 1.54) is 11.8 Å². The lowest BCUT2D eigenvalue weighted by molar-refractivity contribution is -0.119. The number of nitrogens with zero attached hydrogens (tertiary/aromatic N) is 2. The zero-order valence-electron chi connectivity index (χ0n) is 16.4. The Morgan fingerprint density at radius 2 is 2.21 bits per heavy atom. The molecule has 152 valence electrons.